The highest BCUT2D eigenvalue weighted by atomic mass is 19.3. The van der Waals surface area contributed by atoms with Gasteiger partial charge in [0.25, 0.3) is 5.92 Å². The Morgan fingerprint density at radius 3 is 2.60 bits per heavy atom. The molecule has 0 aliphatic carbocycles. The number of hydrogen-bond donors (Lipinski definition) is 1. The molecule has 84 valence electrons. The normalized spacial score (nSPS) is 23.9. The smallest absolute Gasteiger partial charge is 0.250 e. The van der Waals surface area contributed by atoms with Crippen molar-refractivity contribution in [2.24, 2.45) is 5.73 Å². The minimum absolute atomic E-state index is 0.113. The largest absolute Gasteiger partial charge is 0.472 e. The third-order valence-electron chi connectivity index (χ3n) is 2.81. The maximum atomic E-state index is 12.9. The van der Waals surface area contributed by atoms with Crippen LogP contribution < -0.4 is 5.73 Å². The molecule has 1 atom stereocenters. The molecule has 0 saturated carbocycles. The maximum Gasteiger partial charge on any atom is 0.250 e. The van der Waals surface area contributed by atoms with Gasteiger partial charge in [-0.2, -0.15) is 0 Å². The summed E-state index contributed by atoms with van der Waals surface area (Å²) in [5.41, 5.74) is 6.76. The molecular formula is C10H14F2N2O. The van der Waals surface area contributed by atoms with Gasteiger partial charge in [-0.1, -0.05) is 0 Å². The summed E-state index contributed by atoms with van der Waals surface area (Å²) in [7, 11) is 0. The zero-order valence-electron chi connectivity index (χ0n) is 8.33. The molecule has 1 fully saturated rings. The Labute approximate surface area is 86.8 Å². The van der Waals surface area contributed by atoms with Crippen molar-refractivity contribution in [3.63, 3.8) is 0 Å². The van der Waals surface area contributed by atoms with Crippen LogP contribution in [0.1, 0.15) is 24.6 Å². The summed E-state index contributed by atoms with van der Waals surface area (Å²) in [6.45, 7) is 0.665. The quantitative estimate of drug-likeness (QED) is 0.821. The van der Waals surface area contributed by atoms with Crippen molar-refractivity contribution in [1.29, 1.82) is 0 Å². The van der Waals surface area contributed by atoms with E-state index in [4.69, 9.17) is 10.2 Å². The van der Waals surface area contributed by atoms with Crippen molar-refractivity contribution in [2.45, 2.75) is 24.9 Å². The minimum atomic E-state index is -2.52. The van der Waals surface area contributed by atoms with Crippen molar-refractivity contribution in [3.8, 4) is 0 Å². The van der Waals surface area contributed by atoms with E-state index in [0.717, 1.165) is 5.56 Å². The van der Waals surface area contributed by atoms with E-state index in [1.165, 1.54) is 6.26 Å². The molecule has 2 N–H and O–H groups in total. The number of alkyl halides is 2. The van der Waals surface area contributed by atoms with Gasteiger partial charge in [-0.05, 0) is 6.07 Å². The number of likely N-dealkylation sites (tertiary alicyclic amines) is 1. The van der Waals surface area contributed by atoms with E-state index >= 15 is 0 Å². The van der Waals surface area contributed by atoms with Gasteiger partial charge in [-0.3, -0.25) is 4.90 Å². The Morgan fingerprint density at radius 1 is 1.40 bits per heavy atom. The molecule has 5 heteroatoms. The fourth-order valence-corrected chi connectivity index (χ4v) is 1.78. The summed E-state index contributed by atoms with van der Waals surface area (Å²) < 4.78 is 30.7. The van der Waals surface area contributed by atoms with Crippen LogP contribution in [0.15, 0.2) is 23.0 Å². The van der Waals surface area contributed by atoms with Crippen molar-refractivity contribution in [3.05, 3.63) is 24.2 Å². The van der Waals surface area contributed by atoms with Crippen molar-refractivity contribution < 1.29 is 13.2 Å². The predicted molar refractivity (Wildman–Crippen MR) is 51.4 cm³/mol. The first-order valence-corrected chi connectivity index (χ1v) is 4.98. The van der Waals surface area contributed by atoms with E-state index in [9.17, 15) is 8.78 Å². The summed E-state index contributed by atoms with van der Waals surface area (Å²) in [6, 6.07) is 1.76. The SMILES string of the molecule is NC(c1ccoc1)N1CCC(F)(F)CC1. The summed E-state index contributed by atoms with van der Waals surface area (Å²) in [6.07, 6.45) is 2.53. The number of halogens is 2. The second-order valence-corrected chi connectivity index (χ2v) is 3.89. The van der Waals surface area contributed by atoms with Gasteiger partial charge in [0.1, 0.15) is 0 Å². The van der Waals surface area contributed by atoms with Gasteiger partial charge in [0.05, 0.1) is 18.7 Å². The molecule has 1 saturated heterocycles. The lowest BCUT2D eigenvalue weighted by Crippen LogP contribution is -2.44. The van der Waals surface area contributed by atoms with E-state index in [1.807, 2.05) is 4.90 Å². The van der Waals surface area contributed by atoms with E-state index in [-0.39, 0.29) is 19.0 Å². The Kier molecular flexibility index (Phi) is 2.75. The molecular weight excluding hydrogens is 202 g/mol. The van der Waals surface area contributed by atoms with Crippen LogP contribution >= 0.6 is 0 Å². The zero-order chi connectivity index (χ0) is 10.9. The van der Waals surface area contributed by atoms with Crippen LogP contribution in [0.5, 0.6) is 0 Å². The van der Waals surface area contributed by atoms with Crippen LogP contribution in [0.4, 0.5) is 8.78 Å². The Bertz CT molecular complexity index is 303. The number of rotatable bonds is 2. The van der Waals surface area contributed by atoms with E-state index in [2.05, 4.69) is 0 Å². The van der Waals surface area contributed by atoms with Crippen molar-refractivity contribution in [2.75, 3.05) is 13.1 Å². The second-order valence-electron chi connectivity index (χ2n) is 3.89. The lowest BCUT2D eigenvalue weighted by Gasteiger charge is -2.35. The summed E-state index contributed by atoms with van der Waals surface area (Å²) in [4.78, 5) is 1.85. The van der Waals surface area contributed by atoms with Crippen LogP contribution in [0, 0.1) is 0 Å². The highest BCUT2D eigenvalue weighted by molar-refractivity contribution is 5.10. The van der Waals surface area contributed by atoms with Crippen molar-refractivity contribution in [1.82, 2.24) is 4.90 Å². The van der Waals surface area contributed by atoms with Gasteiger partial charge in [-0.15, -0.1) is 0 Å². The van der Waals surface area contributed by atoms with Gasteiger partial charge < -0.3 is 10.2 Å². The monoisotopic (exact) mass is 216 g/mol. The molecule has 15 heavy (non-hydrogen) atoms. The molecule has 2 rings (SSSR count). The third kappa shape index (κ3) is 2.35. The molecule has 2 heterocycles. The van der Waals surface area contributed by atoms with E-state index in [0.29, 0.717) is 13.1 Å². The average Bonchev–Trinajstić information content (AvgIpc) is 2.69. The first kappa shape index (κ1) is 10.6. The Morgan fingerprint density at radius 2 is 2.07 bits per heavy atom. The molecule has 1 aliphatic rings. The molecule has 1 aromatic rings. The average molecular weight is 216 g/mol. The van der Waals surface area contributed by atoms with Crippen LogP contribution in [0.3, 0.4) is 0 Å². The van der Waals surface area contributed by atoms with Crippen LogP contribution in [-0.2, 0) is 0 Å². The molecule has 0 aromatic carbocycles. The highest BCUT2D eigenvalue weighted by Crippen LogP contribution is 2.30. The van der Waals surface area contributed by atoms with Crippen molar-refractivity contribution >= 4 is 0 Å². The van der Waals surface area contributed by atoms with Crippen LogP contribution in [0.2, 0.25) is 0 Å². The minimum Gasteiger partial charge on any atom is -0.472 e. The van der Waals surface area contributed by atoms with Gasteiger partial charge in [0.15, 0.2) is 0 Å². The fourth-order valence-electron chi connectivity index (χ4n) is 1.78. The number of nitrogens with zero attached hydrogens (tertiary/aromatic N) is 1. The molecule has 0 bridgehead atoms. The van der Waals surface area contributed by atoms with Gasteiger partial charge in [0.2, 0.25) is 0 Å². The van der Waals surface area contributed by atoms with Crippen LogP contribution in [-0.4, -0.2) is 23.9 Å². The molecule has 0 amide bonds. The molecule has 1 aliphatic heterocycles. The highest BCUT2D eigenvalue weighted by Gasteiger charge is 2.35. The molecule has 1 aromatic heterocycles. The first-order valence-electron chi connectivity index (χ1n) is 4.98. The fraction of sp³-hybridized carbons (Fsp3) is 0.600. The first-order chi connectivity index (χ1) is 7.08. The Balaban J connectivity index is 1.96. The number of hydrogen-bond acceptors (Lipinski definition) is 3. The van der Waals surface area contributed by atoms with Gasteiger partial charge in [0, 0.05) is 31.5 Å². The standard InChI is InChI=1S/C10H14F2N2O/c11-10(12)2-4-14(5-3-10)9(13)8-1-6-15-7-8/h1,6-7,9H,2-5,13H2. The third-order valence-corrected chi connectivity index (χ3v) is 2.81. The Hall–Kier alpha value is -0.940. The van der Waals surface area contributed by atoms with Crippen LogP contribution in [0.25, 0.3) is 0 Å². The van der Waals surface area contributed by atoms with Gasteiger partial charge >= 0.3 is 0 Å². The maximum absolute atomic E-state index is 12.9. The molecule has 0 radical (unpaired) electrons. The summed E-state index contributed by atoms with van der Waals surface area (Å²) in [5, 5.41) is 0. The summed E-state index contributed by atoms with van der Waals surface area (Å²) in [5.74, 6) is -2.52. The molecule has 3 nitrogen and oxygen atoms in total. The van der Waals surface area contributed by atoms with E-state index < -0.39 is 5.92 Å². The van der Waals surface area contributed by atoms with Gasteiger partial charge in [-0.25, -0.2) is 8.78 Å². The zero-order valence-corrected chi connectivity index (χ0v) is 8.33. The number of piperidine rings is 1. The van der Waals surface area contributed by atoms with E-state index in [1.54, 1.807) is 12.3 Å². The second kappa shape index (κ2) is 3.90. The lowest BCUT2D eigenvalue weighted by atomic mass is 10.1. The number of nitrogens with two attached hydrogens (primary N) is 1. The molecule has 1 unspecified atom stereocenters. The topological polar surface area (TPSA) is 42.4 Å². The number of furan rings is 1. The lowest BCUT2D eigenvalue weighted by molar-refractivity contribution is -0.0630. The summed E-state index contributed by atoms with van der Waals surface area (Å²) >= 11 is 0. The molecule has 0 spiro atoms. The predicted octanol–water partition coefficient (Wildman–Crippen LogP) is 1.97.